The van der Waals surface area contributed by atoms with E-state index in [-0.39, 0.29) is 17.2 Å². The van der Waals surface area contributed by atoms with Gasteiger partial charge in [-0.05, 0) is 112 Å². The topological polar surface area (TPSA) is 71.7 Å². The molecule has 0 unspecified atom stereocenters. The van der Waals surface area contributed by atoms with Gasteiger partial charge in [0.15, 0.2) is 0 Å². The molecule has 0 aliphatic carbocycles. The molecule has 0 radical (unpaired) electrons. The number of likely N-dealkylation sites (tertiary alicyclic amines) is 1. The molecule has 2 heterocycles. The second kappa shape index (κ2) is 14.9. The van der Waals surface area contributed by atoms with Crippen molar-refractivity contribution in [2.24, 2.45) is 11.3 Å². The number of aromatic nitrogens is 1. The standard InChI is InChI=1S/C31H41ClN4O2/c1-4-6-8-17-31(25(3)5-2)18-23-35(24-19-31)21-9-7-10-22-36(33)30(37)28-12-11-20-34-29(28)38-27-15-13-26(32)14-16-27/h4-5,11-16,20H,1-3,6-10,17-19,21-24,33H2. The first-order chi connectivity index (χ1) is 18.4. The Balaban J connectivity index is 1.41. The molecule has 0 spiro atoms. The molecule has 0 atom stereocenters. The lowest BCUT2D eigenvalue weighted by Crippen LogP contribution is -2.41. The van der Waals surface area contributed by atoms with Crippen molar-refractivity contribution < 1.29 is 9.53 Å². The van der Waals surface area contributed by atoms with E-state index in [0.717, 1.165) is 71.0 Å². The summed E-state index contributed by atoms with van der Waals surface area (Å²) in [4.78, 5) is 19.8. The van der Waals surface area contributed by atoms with Crippen LogP contribution in [0.2, 0.25) is 5.02 Å². The van der Waals surface area contributed by atoms with Crippen LogP contribution >= 0.6 is 11.6 Å². The fraction of sp³-hybridized carbons (Fsp3) is 0.419. The SMILES string of the molecule is C=CCCCC1(C(=C)C=C)CCN(CCCCCN(N)C(=O)c2cccnc2Oc2ccc(Cl)cc2)CC1. The number of unbranched alkanes of at least 4 members (excludes halogenated alkanes) is 3. The van der Waals surface area contributed by atoms with Crippen LogP contribution in [0.5, 0.6) is 11.6 Å². The summed E-state index contributed by atoms with van der Waals surface area (Å²) >= 11 is 5.94. The van der Waals surface area contributed by atoms with Gasteiger partial charge in [-0.25, -0.2) is 10.8 Å². The van der Waals surface area contributed by atoms with Crippen LogP contribution in [0.3, 0.4) is 0 Å². The van der Waals surface area contributed by atoms with E-state index in [1.54, 1.807) is 42.6 Å². The number of amides is 1. The first-order valence-corrected chi connectivity index (χ1v) is 13.9. The number of carbonyl (C=O) groups is 1. The van der Waals surface area contributed by atoms with Crippen molar-refractivity contribution >= 4 is 17.5 Å². The largest absolute Gasteiger partial charge is 0.438 e. The van der Waals surface area contributed by atoms with E-state index in [1.165, 1.54) is 10.6 Å². The third-order valence-corrected chi connectivity index (χ3v) is 7.72. The van der Waals surface area contributed by atoms with Crippen LogP contribution in [0.15, 0.2) is 80.1 Å². The van der Waals surface area contributed by atoms with Gasteiger partial charge in [-0.3, -0.25) is 9.80 Å². The summed E-state index contributed by atoms with van der Waals surface area (Å²) in [6.07, 6.45) is 14.1. The van der Waals surface area contributed by atoms with Crippen LogP contribution in [0.4, 0.5) is 0 Å². The highest BCUT2D eigenvalue weighted by Crippen LogP contribution is 2.43. The van der Waals surface area contributed by atoms with Crippen LogP contribution in [0.1, 0.15) is 61.7 Å². The van der Waals surface area contributed by atoms with Gasteiger partial charge >= 0.3 is 0 Å². The van der Waals surface area contributed by atoms with Gasteiger partial charge in [0, 0.05) is 17.8 Å². The van der Waals surface area contributed by atoms with Crippen LogP contribution in [-0.2, 0) is 0 Å². The molecule has 7 heteroatoms. The Kier molecular flexibility index (Phi) is 11.6. The molecule has 1 aromatic heterocycles. The van der Waals surface area contributed by atoms with Crippen molar-refractivity contribution in [3.05, 3.63) is 90.6 Å². The zero-order chi connectivity index (χ0) is 27.4. The quantitative estimate of drug-likeness (QED) is 0.0651. The number of hydrogen-bond acceptors (Lipinski definition) is 5. The number of benzene rings is 1. The first kappa shape index (κ1) is 29.6. The van der Waals surface area contributed by atoms with Gasteiger partial charge < -0.3 is 9.64 Å². The molecule has 2 N–H and O–H groups in total. The highest BCUT2D eigenvalue weighted by molar-refractivity contribution is 6.30. The lowest BCUT2D eigenvalue weighted by Gasteiger charge is -2.43. The van der Waals surface area contributed by atoms with Gasteiger partial charge in [-0.2, -0.15) is 0 Å². The summed E-state index contributed by atoms with van der Waals surface area (Å²) in [6.45, 7) is 15.9. The molecular formula is C31H41ClN4O2. The molecular weight excluding hydrogens is 496 g/mol. The zero-order valence-electron chi connectivity index (χ0n) is 22.4. The number of ether oxygens (including phenoxy) is 1. The van der Waals surface area contributed by atoms with Gasteiger partial charge in [0.2, 0.25) is 5.88 Å². The molecule has 2 aromatic rings. The number of allylic oxidation sites excluding steroid dienone is 3. The third-order valence-electron chi connectivity index (χ3n) is 7.47. The van der Waals surface area contributed by atoms with E-state index in [9.17, 15) is 4.79 Å². The second-order valence-electron chi connectivity index (χ2n) is 10.0. The number of carbonyl (C=O) groups excluding carboxylic acids is 1. The summed E-state index contributed by atoms with van der Waals surface area (Å²) in [5.74, 6) is 6.59. The van der Waals surface area contributed by atoms with Gasteiger partial charge in [-0.1, -0.05) is 43.3 Å². The van der Waals surface area contributed by atoms with E-state index in [4.69, 9.17) is 22.2 Å². The van der Waals surface area contributed by atoms with E-state index in [1.807, 2.05) is 12.2 Å². The molecule has 1 fully saturated rings. The predicted molar refractivity (Wildman–Crippen MR) is 156 cm³/mol. The lowest BCUT2D eigenvalue weighted by atomic mass is 9.69. The van der Waals surface area contributed by atoms with Gasteiger partial charge in [0.05, 0.1) is 0 Å². The van der Waals surface area contributed by atoms with Gasteiger partial charge in [0.1, 0.15) is 11.3 Å². The predicted octanol–water partition coefficient (Wildman–Crippen LogP) is 7.19. The zero-order valence-corrected chi connectivity index (χ0v) is 23.2. The van der Waals surface area contributed by atoms with Gasteiger partial charge in [0.25, 0.3) is 5.91 Å². The van der Waals surface area contributed by atoms with E-state index < -0.39 is 0 Å². The fourth-order valence-corrected chi connectivity index (χ4v) is 5.16. The maximum absolute atomic E-state index is 13.0. The second-order valence-corrected chi connectivity index (χ2v) is 10.4. The van der Waals surface area contributed by atoms with Crippen molar-refractivity contribution in [1.82, 2.24) is 14.9 Å². The average molecular weight is 537 g/mol. The molecule has 1 saturated heterocycles. The minimum Gasteiger partial charge on any atom is -0.438 e. The summed E-state index contributed by atoms with van der Waals surface area (Å²) in [5.41, 5.74) is 1.70. The average Bonchev–Trinajstić information content (AvgIpc) is 2.94. The number of piperidine rings is 1. The Morgan fingerprint density at radius 2 is 1.87 bits per heavy atom. The third kappa shape index (κ3) is 8.29. The summed E-state index contributed by atoms with van der Waals surface area (Å²) < 4.78 is 5.82. The maximum atomic E-state index is 13.0. The molecule has 1 aliphatic heterocycles. The Bertz CT molecular complexity index is 1080. The highest BCUT2D eigenvalue weighted by atomic mass is 35.5. The summed E-state index contributed by atoms with van der Waals surface area (Å²) in [6, 6.07) is 10.3. The molecule has 1 aliphatic rings. The molecule has 3 rings (SSSR count). The molecule has 0 saturated carbocycles. The van der Waals surface area contributed by atoms with Crippen molar-refractivity contribution in [3.8, 4) is 11.6 Å². The van der Waals surface area contributed by atoms with Crippen LogP contribution < -0.4 is 10.6 Å². The van der Waals surface area contributed by atoms with Crippen molar-refractivity contribution in [1.29, 1.82) is 0 Å². The minimum absolute atomic E-state index is 0.185. The van der Waals surface area contributed by atoms with E-state index in [2.05, 4.69) is 29.6 Å². The monoisotopic (exact) mass is 536 g/mol. The molecule has 1 amide bonds. The van der Waals surface area contributed by atoms with E-state index in [0.29, 0.717) is 22.9 Å². The normalized spacial score (nSPS) is 15.0. The highest BCUT2D eigenvalue weighted by Gasteiger charge is 2.35. The number of nitrogens with two attached hydrogens (primary N) is 1. The van der Waals surface area contributed by atoms with E-state index >= 15 is 0 Å². The Morgan fingerprint density at radius 1 is 1.13 bits per heavy atom. The number of hydrogen-bond donors (Lipinski definition) is 1. The first-order valence-electron chi connectivity index (χ1n) is 13.5. The lowest BCUT2D eigenvalue weighted by molar-refractivity contribution is 0.0748. The Labute approximate surface area is 232 Å². The number of nitrogens with zero attached hydrogens (tertiary/aromatic N) is 3. The summed E-state index contributed by atoms with van der Waals surface area (Å²) in [7, 11) is 0. The number of pyridine rings is 1. The Hall–Kier alpha value is -2.93. The number of rotatable bonds is 15. The molecule has 0 bridgehead atoms. The van der Waals surface area contributed by atoms with Crippen LogP contribution in [-0.4, -0.2) is 47.0 Å². The van der Waals surface area contributed by atoms with Crippen molar-refractivity contribution in [3.63, 3.8) is 0 Å². The molecule has 38 heavy (non-hydrogen) atoms. The molecule has 6 nitrogen and oxygen atoms in total. The molecule has 204 valence electrons. The smallest absolute Gasteiger partial charge is 0.273 e. The fourth-order valence-electron chi connectivity index (χ4n) is 5.04. The van der Waals surface area contributed by atoms with Crippen molar-refractivity contribution in [2.75, 3.05) is 26.2 Å². The Morgan fingerprint density at radius 3 is 2.55 bits per heavy atom. The van der Waals surface area contributed by atoms with Crippen LogP contribution in [0.25, 0.3) is 0 Å². The minimum atomic E-state index is -0.312. The number of halogens is 1. The number of hydrazine groups is 1. The van der Waals surface area contributed by atoms with Gasteiger partial charge in [-0.15, -0.1) is 6.58 Å². The molecule has 1 aromatic carbocycles. The maximum Gasteiger partial charge on any atom is 0.273 e. The summed E-state index contributed by atoms with van der Waals surface area (Å²) in [5, 5.41) is 1.86. The van der Waals surface area contributed by atoms with Crippen LogP contribution in [0, 0.1) is 5.41 Å². The van der Waals surface area contributed by atoms with Crippen molar-refractivity contribution in [2.45, 2.75) is 51.4 Å².